The first-order valence-corrected chi connectivity index (χ1v) is 5.09. The zero-order valence-corrected chi connectivity index (χ0v) is 8.90. The summed E-state index contributed by atoms with van der Waals surface area (Å²) in [7, 11) is 1.40. The Morgan fingerprint density at radius 2 is 2.27 bits per heavy atom. The van der Waals surface area contributed by atoms with Crippen molar-refractivity contribution in [3.8, 4) is 0 Å². The molecule has 84 valence electrons. The number of esters is 1. The van der Waals surface area contributed by atoms with Crippen LogP contribution in [0.15, 0.2) is 5.11 Å². The monoisotopic (exact) mass is 212 g/mol. The van der Waals surface area contributed by atoms with Crippen LogP contribution in [0.2, 0.25) is 0 Å². The van der Waals surface area contributed by atoms with Crippen LogP contribution < -0.4 is 5.32 Å². The molecular formula is C9H16N4O2. The molecule has 0 aromatic rings. The molecule has 0 aliphatic heterocycles. The summed E-state index contributed by atoms with van der Waals surface area (Å²) in [4.78, 5) is 14.3. The molecule has 0 unspecified atom stereocenters. The zero-order chi connectivity index (χ0) is 11.1. The molecule has 1 N–H and O–H groups in total. The molecule has 0 atom stereocenters. The quantitative estimate of drug-likeness (QED) is 0.245. The molecule has 0 bridgehead atoms. The third-order valence-corrected chi connectivity index (χ3v) is 2.77. The summed E-state index contributed by atoms with van der Waals surface area (Å²) in [6, 6.07) is 0. The maximum absolute atomic E-state index is 11.6. The molecule has 6 nitrogen and oxygen atoms in total. The summed E-state index contributed by atoms with van der Waals surface area (Å²) in [5.74, 6) is -0.207. The largest absolute Gasteiger partial charge is 0.468 e. The highest BCUT2D eigenvalue weighted by Gasteiger charge is 2.41. The number of nitrogens with one attached hydrogen (secondary N) is 1. The second kappa shape index (κ2) is 5.58. The molecule has 1 saturated carbocycles. The fraction of sp³-hybridized carbons (Fsp3) is 0.889. The topological polar surface area (TPSA) is 87.1 Å². The van der Waals surface area contributed by atoms with Gasteiger partial charge in [0.15, 0.2) is 0 Å². The first kappa shape index (κ1) is 11.8. The van der Waals surface area contributed by atoms with Gasteiger partial charge >= 0.3 is 5.97 Å². The Balaban J connectivity index is 2.50. The van der Waals surface area contributed by atoms with E-state index in [0.29, 0.717) is 13.1 Å². The molecule has 0 radical (unpaired) electrons. The van der Waals surface area contributed by atoms with Crippen molar-refractivity contribution in [3.63, 3.8) is 0 Å². The van der Waals surface area contributed by atoms with Gasteiger partial charge in [0.25, 0.3) is 0 Å². The van der Waals surface area contributed by atoms with E-state index in [4.69, 9.17) is 10.3 Å². The van der Waals surface area contributed by atoms with Crippen molar-refractivity contribution in [2.24, 2.45) is 5.11 Å². The van der Waals surface area contributed by atoms with Gasteiger partial charge in [-0.15, -0.1) is 0 Å². The van der Waals surface area contributed by atoms with Gasteiger partial charge in [0.2, 0.25) is 0 Å². The van der Waals surface area contributed by atoms with E-state index in [1.165, 1.54) is 7.11 Å². The van der Waals surface area contributed by atoms with Gasteiger partial charge in [0.05, 0.1) is 7.11 Å². The minimum absolute atomic E-state index is 0.207. The lowest BCUT2D eigenvalue weighted by Gasteiger charge is -2.26. The highest BCUT2D eigenvalue weighted by molar-refractivity contribution is 5.81. The van der Waals surface area contributed by atoms with Crippen LogP contribution in [0.5, 0.6) is 0 Å². The SMILES string of the molecule is COC(=O)C1(NCCN=[N+]=[N-])CCCC1. The number of carbonyl (C=O) groups is 1. The lowest BCUT2D eigenvalue weighted by Crippen LogP contribution is -2.51. The van der Waals surface area contributed by atoms with Crippen LogP contribution in [0.1, 0.15) is 25.7 Å². The van der Waals surface area contributed by atoms with Crippen molar-refractivity contribution in [1.29, 1.82) is 0 Å². The maximum Gasteiger partial charge on any atom is 0.326 e. The Morgan fingerprint density at radius 1 is 1.60 bits per heavy atom. The Hall–Kier alpha value is -1.26. The van der Waals surface area contributed by atoms with Crippen LogP contribution in [0.25, 0.3) is 10.4 Å². The molecule has 0 heterocycles. The number of hydrogen-bond donors (Lipinski definition) is 1. The summed E-state index contributed by atoms with van der Waals surface area (Å²) in [5, 5.41) is 6.56. The summed E-state index contributed by atoms with van der Waals surface area (Å²) in [6.45, 7) is 0.869. The predicted molar refractivity (Wildman–Crippen MR) is 55.2 cm³/mol. The number of azide groups is 1. The third-order valence-electron chi connectivity index (χ3n) is 2.77. The van der Waals surface area contributed by atoms with Gasteiger partial charge in [-0.25, -0.2) is 0 Å². The van der Waals surface area contributed by atoms with Crippen molar-refractivity contribution < 1.29 is 9.53 Å². The summed E-state index contributed by atoms with van der Waals surface area (Å²) in [5.41, 5.74) is 7.57. The van der Waals surface area contributed by atoms with Gasteiger partial charge in [-0.2, -0.15) is 0 Å². The average molecular weight is 212 g/mol. The van der Waals surface area contributed by atoms with Crippen LogP contribution in [-0.4, -0.2) is 31.7 Å². The van der Waals surface area contributed by atoms with Gasteiger partial charge in [-0.3, -0.25) is 4.79 Å². The molecule has 0 aromatic heterocycles. The molecule has 1 aliphatic rings. The van der Waals surface area contributed by atoms with Gasteiger partial charge in [0, 0.05) is 18.0 Å². The highest BCUT2D eigenvalue weighted by atomic mass is 16.5. The molecule has 0 spiro atoms. The van der Waals surface area contributed by atoms with E-state index in [1.807, 2.05) is 0 Å². The third kappa shape index (κ3) is 2.84. The van der Waals surface area contributed by atoms with E-state index < -0.39 is 5.54 Å². The number of rotatable bonds is 5. The van der Waals surface area contributed by atoms with Gasteiger partial charge in [-0.1, -0.05) is 18.0 Å². The summed E-state index contributed by atoms with van der Waals surface area (Å²) >= 11 is 0. The van der Waals surface area contributed by atoms with Gasteiger partial charge in [-0.05, 0) is 18.4 Å². The number of hydrogen-bond acceptors (Lipinski definition) is 4. The van der Waals surface area contributed by atoms with Crippen LogP contribution in [0.4, 0.5) is 0 Å². The van der Waals surface area contributed by atoms with Crippen molar-refractivity contribution in [2.45, 2.75) is 31.2 Å². The molecule has 15 heavy (non-hydrogen) atoms. The van der Waals surface area contributed by atoms with Crippen LogP contribution >= 0.6 is 0 Å². The fourth-order valence-electron chi connectivity index (χ4n) is 2.02. The normalized spacial score (nSPS) is 18.2. The second-order valence-corrected chi connectivity index (χ2v) is 3.66. The Morgan fingerprint density at radius 3 is 2.80 bits per heavy atom. The summed E-state index contributed by atoms with van der Waals surface area (Å²) in [6.07, 6.45) is 3.67. The Labute approximate surface area is 88.6 Å². The number of nitrogens with zero attached hydrogens (tertiary/aromatic N) is 3. The molecule has 0 amide bonds. The van der Waals surface area contributed by atoms with Crippen LogP contribution in [-0.2, 0) is 9.53 Å². The van der Waals surface area contributed by atoms with E-state index >= 15 is 0 Å². The molecule has 1 fully saturated rings. The van der Waals surface area contributed by atoms with Crippen molar-refractivity contribution in [1.82, 2.24) is 5.32 Å². The first-order chi connectivity index (χ1) is 7.25. The molecule has 0 saturated heterocycles. The van der Waals surface area contributed by atoms with Crippen molar-refractivity contribution in [2.75, 3.05) is 20.2 Å². The van der Waals surface area contributed by atoms with E-state index in [-0.39, 0.29) is 5.97 Å². The minimum Gasteiger partial charge on any atom is -0.468 e. The second-order valence-electron chi connectivity index (χ2n) is 3.66. The maximum atomic E-state index is 11.6. The van der Waals surface area contributed by atoms with Crippen LogP contribution in [0, 0.1) is 0 Å². The zero-order valence-electron chi connectivity index (χ0n) is 8.90. The minimum atomic E-state index is -0.542. The van der Waals surface area contributed by atoms with E-state index in [1.54, 1.807) is 0 Å². The first-order valence-electron chi connectivity index (χ1n) is 5.09. The highest BCUT2D eigenvalue weighted by Crippen LogP contribution is 2.30. The predicted octanol–water partition coefficient (Wildman–Crippen LogP) is 1.37. The van der Waals surface area contributed by atoms with Crippen LogP contribution in [0.3, 0.4) is 0 Å². The summed E-state index contributed by atoms with van der Waals surface area (Å²) < 4.78 is 4.79. The molecular weight excluding hydrogens is 196 g/mol. The number of methoxy groups -OCH3 is 1. The standard InChI is InChI=1S/C9H16N4O2/c1-15-8(14)9(4-2-3-5-9)11-6-7-12-13-10/h11H,2-7H2,1H3. The fourth-order valence-corrected chi connectivity index (χ4v) is 2.02. The van der Waals surface area contributed by atoms with Crippen molar-refractivity contribution in [3.05, 3.63) is 10.4 Å². The smallest absolute Gasteiger partial charge is 0.326 e. The van der Waals surface area contributed by atoms with Gasteiger partial charge < -0.3 is 10.1 Å². The molecule has 6 heteroatoms. The van der Waals surface area contributed by atoms with E-state index in [0.717, 1.165) is 25.7 Å². The van der Waals surface area contributed by atoms with E-state index in [9.17, 15) is 4.79 Å². The number of ether oxygens (including phenoxy) is 1. The Bertz CT molecular complexity index is 267. The van der Waals surface area contributed by atoms with Crippen molar-refractivity contribution >= 4 is 5.97 Å². The Kier molecular flexibility index (Phi) is 4.39. The van der Waals surface area contributed by atoms with E-state index in [2.05, 4.69) is 15.3 Å². The average Bonchev–Trinajstić information content (AvgIpc) is 2.73. The molecule has 1 aliphatic carbocycles. The van der Waals surface area contributed by atoms with Gasteiger partial charge in [0.1, 0.15) is 5.54 Å². The molecule has 0 aromatic carbocycles. The lowest BCUT2D eigenvalue weighted by molar-refractivity contribution is -0.148. The lowest BCUT2D eigenvalue weighted by atomic mass is 9.98. The molecule has 1 rings (SSSR count). The number of carbonyl (C=O) groups excluding carboxylic acids is 1.